The van der Waals surface area contributed by atoms with Crippen LogP contribution in [0, 0.1) is 0 Å². The molecule has 0 saturated carbocycles. The second kappa shape index (κ2) is 8.58. The number of aromatic nitrogens is 2. The minimum Gasteiger partial charge on any atom is -0.389 e. The van der Waals surface area contributed by atoms with Crippen LogP contribution >= 0.6 is 0 Å². The van der Waals surface area contributed by atoms with Gasteiger partial charge in [-0.15, -0.1) is 0 Å². The lowest BCUT2D eigenvalue weighted by Crippen LogP contribution is -2.03. The molecule has 1 heterocycles. The van der Waals surface area contributed by atoms with E-state index in [2.05, 4.69) is 28.8 Å². The first kappa shape index (κ1) is 17.4. The maximum atomic E-state index is 11.1. The van der Waals surface area contributed by atoms with Crippen LogP contribution in [0.1, 0.15) is 37.9 Å². The number of rotatable bonds is 9. The Labute approximate surface area is 148 Å². The van der Waals surface area contributed by atoms with E-state index >= 15 is 0 Å². The standard InChI is InChI=1S/C21H24N2O2/c24-16-18(25)12-6-1-2-7-15-21-22-19-13-8-9-14-20(19)23(21)17-10-4-3-5-11-17/h3-5,8-11,13-14,24H,1-2,6-7,12,15-16H2. The molecular weight excluding hydrogens is 312 g/mol. The molecule has 0 saturated heterocycles. The number of unbranched alkanes of at least 4 members (excludes halogenated alkanes) is 3. The van der Waals surface area contributed by atoms with Crippen LogP contribution in [0.15, 0.2) is 54.6 Å². The third-order valence-electron chi connectivity index (χ3n) is 4.43. The first-order valence-electron chi connectivity index (χ1n) is 8.94. The molecule has 130 valence electrons. The highest BCUT2D eigenvalue weighted by Crippen LogP contribution is 2.22. The van der Waals surface area contributed by atoms with E-state index in [-0.39, 0.29) is 12.4 Å². The van der Waals surface area contributed by atoms with Crippen LogP contribution in [0.2, 0.25) is 0 Å². The zero-order chi connectivity index (χ0) is 17.5. The lowest BCUT2D eigenvalue weighted by atomic mass is 10.1. The van der Waals surface area contributed by atoms with E-state index in [9.17, 15) is 4.79 Å². The number of hydrogen-bond acceptors (Lipinski definition) is 3. The predicted octanol–water partition coefficient (Wildman–Crippen LogP) is 4.08. The van der Waals surface area contributed by atoms with Crippen LogP contribution in [0.4, 0.5) is 0 Å². The van der Waals surface area contributed by atoms with Crippen LogP contribution in [-0.4, -0.2) is 27.0 Å². The lowest BCUT2D eigenvalue weighted by Gasteiger charge is -2.09. The fourth-order valence-electron chi connectivity index (χ4n) is 3.15. The van der Waals surface area contributed by atoms with E-state index in [4.69, 9.17) is 10.1 Å². The maximum Gasteiger partial charge on any atom is 0.158 e. The summed E-state index contributed by atoms with van der Waals surface area (Å²) in [5, 5.41) is 8.73. The van der Waals surface area contributed by atoms with Crippen LogP contribution in [-0.2, 0) is 11.2 Å². The van der Waals surface area contributed by atoms with Gasteiger partial charge in [0.1, 0.15) is 12.4 Å². The van der Waals surface area contributed by atoms with Gasteiger partial charge in [0.05, 0.1) is 11.0 Å². The summed E-state index contributed by atoms with van der Waals surface area (Å²) < 4.78 is 2.24. The number of benzene rings is 2. The first-order chi connectivity index (χ1) is 12.3. The van der Waals surface area contributed by atoms with E-state index in [1.165, 1.54) is 0 Å². The molecule has 0 atom stereocenters. The Balaban J connectivity index is 1.68. The number of ketones is 1. The Morgan fingerprint density at radius 2 is 1.64 bits per heavy atom. The smallest absolute Gasteiger partial charge is 0.158 e. The second-order valence-corrected chi connectivity index (χ2v) is 6.30. The van der Waals surface area contributed by atoms with E-state index in [1.54, 1.807) is 0 Å². The third kappa shape index (κ3) is 4.34. The third-order valence-corrected chi connectivity index (χ3v) is 4.43. The quantitative estimate of drug-likeness (QED) is 0.599. The summed E-state index contributed by atoms with van der Waals surface area (Å²) in [6, 6.07) is 18.6. The predicted molar refractivity (Wildman–Crippen MR) is 100.0 cm³/mol. The van der Waals surface area contributed by atoms with Gasteiger partial charge >= 0.3 is 0 Å². The number of hydrogen-bond donors (Lipinski definition) is 1. The molecule has 0 aliphatic rings. The Morgan fingerprint density at radius 3 is 2.44 bits per heavy atom. The van der Waals surface area contributed by atoms with Gasteiger partial charge in [-0.3, -0.25) is 9.36 Å². The summed E-state index contributed by atoms with van der Waals surface area (Å²) in [6.07, 6.45) is 5.38. The molecule has 4 heteroatoms. The van der Waals surface area contributed by atoms with Crippen molar-refractivity contribution in [3.8, 4) is 5.69 Å². The average Bonchev–Trinajstić information content (AvgIpc) is 3.03. The number of aliphatic hydroxyl groups is 1. The molecule has 3 aromatic rings. The van der Waals surface area contributed by atoms with Crippen LogP contribution < -0.4 is 0 Å². The molecule has 2 aromatic carbocycles. The molecule has 0 spiro atoms. The molecular formula is C21H24N2O2. The highest BCUT2D eigenvalue weighted by molar-refractivity contribution is 5.79. The van der Waals surface area contributed by atoms with Gasteiger partial charge in [0.25, 0.3) is 0 Å². The summed E-state index contributed by atoms with van der Waals surface area (Å²) >= 11 is 0. The molecule has 0 fully saturated rings. The number of Topliss-reactive ketones (excluding diaryl/α,β-unsaturated/α-hetero) is 1. The molecule has 0 unspecified atom stereocenters. The molecule has 3 rings (SSSR count). The molecule has 1 N–H and O–H groups in total. The fraction of sp³-hybridized carbons (Fsp3) is 0.333. The molecule has 25 heavy (non-hydrogen) atoms. The van der Waals surface area contributed by atoms with Crippen molar-refractivity contribution in [3.05, 3.63) is 60.4 Å². The number of nitrogens with zero attached hydrogens (tertiary/aromatic N) is 2. The summed E-state index contributed by atoms with van der Waals surface area (Å²) in [5.74, 6) is 1.02. The molecule has 0 aliphatic carbocycles. The average molecular weight is 336 g/mol. The lowest BCUT2D eigenvalue weighted by molar-refractivity contribution is -0.121. The van der Waals surface area contributed by atoms with Crippen LogP contribution in [0.3, 0.4) is 0 Å². The molecule has 0 bridgehead atoms. The monoisotopic (exact) mass is 336 g/mol. The van der Waals surface area contributed by atoms with Crippen molar-refractivity contribution in [3.63, 3.8) is 0 Å². The molecule has 4 nitrogen and oxygen atoms in total. The Kier molecular flexibility index (Phi) is 5.96. The number of aryl methyl sites for hydroxylation is 1. The Morgan fingerprint density at radius 1 is 0.920 bits per heavy atom. The van der Waals surface area contributed by atoms with Crippen molar-refractivity contribution in [2.45, 2.75) is 38.5 Å². The largest absolute Gasteiger partial charge is 0.389 e. The van der Waals surface area contributed by atoms with Crippen molar-refractivity contribution in [2.24, 2.45) is 0 Å². The SMILES string of the molecule is O=C(CO)CCCCCCc1nc2ccccc2n1-c1ccccc1. The van der Waals surface area contributed by atoms with E-state index in [0.29, 0.717) is 6.42 Å². The first-order valence-corrected chi connectivity index (χ1v) is 8.94. The van der Waals surface area contributed by atoms with Gasteiger partial charge in [-0.2, -0.15) is 0 Å². The molecule has 0 amide bonds. The van der Waals surface area contributed by atoms with E-state index < -0.39 is 0 Å². The van der Waals surface area contributed by atoms with Crippen molar-refractivity contribution in [1.29, 1.82) is 0 Å². The topological polar surface area (TPSA) is 55.1 Å². The summed E-state index contributed by atoms with van der Waals surface area (Å²) in [6.45, 7) is -0.332. The molecule has 1 aromatic heterocycles. The number of carbonyl (C=O) groups excluding carboxylic acids is 1. The van der Waals surface area contributed by atoms with Crippen molar-refractivity contribution in [1.82, 2.24) is 9.55 Å². The van der Waals surface area contributed by atoms with Gasteiger partial charge in [-0.25, -0.2) is 4.98 Å². The minimum atomic E-state index is -0.332. The van der Waals surface area contributed by atoms with Gasteiger partial charge in [0.15, 0.2) is 5.78 Å². The van der Waals surface area contributed by atoms with Gasteiger partial charge in [0, 0.05) is 18.5 Å². The van der Waals surface area contributed by atoms with Gasteiger partial charge in [0.2, 0.25) is 0 Å². The summed E-state index contributed by atoms with van der Waals surface area (Å²) in [5.41, 5.74) is 3.30. The van der Waals surface area contributed by atoms with Crippen molar-refractivity contribution >= 4 is 16.8 Å². The van der Waals surface area contributed by atoms with Gasteiger partial charge in [-0.1, -0.05) is 43.2 Å². The Bertz CT molecular complexity index is 824. The van der Waals surface area contributed by atoms with Crippen molar-refractivity contribution < 1.29 is 9.90 Å². The maximum absolute atomic E-state index is 11.1. The van der Waals surface area contributed by atoms with Gasteiger partial charge in [-0.05, 0) is 37.1 Å². The summed E-state index contributed by atoms with van der Waals surface area (Å²) in [4.78, 5) is 15.9. The van der Waals surface area contributed by atoms with Crippen LogP contribution in [0.25, 0.3) is 16.7 Å². The number of imidazole rings is 1. The van der Waals surface area contributed by atoms with Crippen molar-refractivity contribution in [2.75, 3.05) is 6.61 Å². The minimum absolute atomic E-state index is 0.0640. The highest BCUT2D eigenvalue weighted by atomic mass is 16.3. The fourth-order valence-corrected chi connectivity index (χ4v) is 3.15. The molecule has 0 radical (unpaired) electrons. The van der Waals surface area contributed by atoms with E-state index in [0.717, 1.165) is 54.6 Å². The van der Waals surface area contributed by atoms with Gasteiger partial charge < -0.3 is 5.11 Å². The normalized spacial score (nSPS) is 11.1. The molecule has 0 aliphatic heterocycles. The number of aliphatic hydroxyl groups excluding tert-OH is 1. The highest BCUT2D eigenvalue weighted by Gasteiger charge is 2.11. The second-order valence-electron chi connectivity index (χ2n) is 6.30. The van der Waals surface area contributed by atoms with Crippen LogP contribution in [0.5, 0.6) is 0 Å². The number of fused-ring (bicyclic) bond motifs is 1. The number of para-hydroxylation sites is 3. The number of carbonyl (C=O) groups is 1. The zero-order valence-corrected chi connectivity index (χ0v) is 14.4. The summed E-state index contributed by atoms with van der Waals surface area (Å²) in [7, 11) is 0. The van der Waals surface area contributed by atoms with E-state index in [1.807, 2.05) is 30.3 Å². The Hall–Kier alpha value is -2.46. The zero-order valence-electron chi connectivity index (χ0n) is 14.4.